The van der Waals surface area contributed by atoms with E-state index in [0.29, 0.717) is 12.7 Å². The Bertz CT molecular complexity index is 96.5. The van der Waals surface area contributed by atoms with Crippen LogP contribution in [0.15, 0.2) is 12.3 Å². The minimum atomic E-state index is 0.0333. The van der Waals surface area contributed by atoms with E-state index in [-0.39, 0.29) is 6.61 Å². The van der Waals surface area contributed by atoms with Gasteiger partial charge in [-0.3, -0.25) is 0 Å². The molecule has 1 atom stereocenters. The fraction of sp³-hybridized carbons (Fsp3) is 0.667. The van der Waals surface area contributed by atoms with Gasteiger partial charge in [-0.05, 0) is 6.08 Å². The fourth-order valence-corrected chi connectivity index (χ4v) is 0.438. The van der Waals surface area contributed by atoms with Crippen LogP contribution in [0.5, 0.6) is 0 Å². The molecule has 0 spiro atoms. The quantitative estimate of drug-likeness (QED) is 0.427. The first-order valence-electron chi connectivity index (χ1n) is 2.92. The summed E-state index contributed by atoms with van der Waals surface area (Å²) in [6, 6.07) is 0. The second-order valence-corrected chi connectivity index (χ2v) is 1.84. The molecule has 1 N–H and O–H groups in total. The van der Waals surface area contributed by atoms with E-state index in [9.17, 15) is 0 Å². The van der Waals surface area contributed by atoms with E-state index in [2.05, 4.69) is 0 Å². The smallest absolute Gasteiger partial charge is 0.116 e. The van der Waals surface area contributed by atoms with Crippen molar-refractivity contribution in [1.29, 1.82) is 0 Å². The average molecular weight is 130 g/mol. The molecule has 0 radical (unpaired) electrons. The molecule has 1 aliphatic rings. The summed E-state index contributed by atoms with van der Waals surface area (Å²) in [4.78, 5) is 0. The van der Waals surface area contributed by atoms with Crippen molar-refractivity contribution in [2.24, 2.45) is 0 Å². The van der Waals surface area contributed by atoms with E-state index >= 15 is 0 Å². The SMILES string of the molecule is OCC=COCC1CO1. The summed E-state index contributed by atoms with van der Waals surface area (Å²) in [5, 5.41) is 8.25. The van der Waals surface area contributed by atoms with Gasteiger partial charge in [0.25, 0.3) is 0 Å². The highest BCUT2D eigenvalue weighted by Gasteiger charge is 2.22. The van der Waals surface area contributed by atoms with Gasteiger partial charge in [-0.2, -0.15) is 0 Å². The third kappa shape index (κ3) is 3.11. The predicted molar refractivity (Wildman–Crippen MR) is 31.9 cm³/mol. The van der Waals surface area contributed by atoms with Gasteiger partial charge in [0, 0.05) is 0 Å². The maximum atomic E-state index is 8.25. The first kappa shape index (κ1) is 6.58. The summed E-state index contributed by atoms with van der Waals surface area (Å²) < 4.78 is 9.80. The van der Waals surface area contributed by atoms with E-state index < -0.39 is 0 Å². The maximum absolute atomic E-state index is 8.25. The van der Waals surface area contributed by atoms with Crippen LogP contribution in [0.3, 0.4) is 0 Å². The predicted octanol–water partition coefficient (Wildman–Crippen LogP) is -0.0922. The third-order valence-electron chi connectivity index (χ3n) is 0.982. The van der Waals surface area contributed by atoms with E-state index in [1.807, 2.05) is 0 Å². The zero-order valence-electron chi connectivity index (χ0n) is 5.12. The molecule has 0 saturated carbocycles. The van der Waals surface area contributed by atoms with Crippen LogP contribution in [0, 0.1) is 0 Å². The number of aliphatic hydroxyl groups excluding tert-OH is 1. The van der Waals surface area contributed by atoms with Crippen LogP contribution >= 0.6 is 0 Å². The molecule has 0 aromatic carbocycles. The fourth-order valence-electron chi connectivity index (χ4n) is 0.438. The second kappa shape index (κ2) is 3.48. The molecule has 1 aliphatic heterocycles. The van der Waals surface area contributed by atoms with Crippen LogP contribution in [0.25, 0.3) is 0 Å². The average Bonchev–Trinajstić information content (AvgIpc) is 2.63. The Balaban J connectivity index is 1.85. The molecule has 52 valence electrons. The molecular formula is C6H10O3. The number of ether oxygens (including phenoxy) is 2. The molecule has 1 saturated heterocycles. The van der Waals surface area contributed by atoms with Gasteiger partial charge in [-0.1, -0.05) is 0 Å². The van der Waals surface area contributed by atoms with Gasteiger partial charge in [0.05, 0.1) is 19.5 Å². The molecule has 1 heterocycles. The normalized spacial score (nSPS) is 24.8. The highest BCUT2D eigenvalue weighted by Crippen LogP contribution is 2.08. The van der Waals surface area contributed by atoms with Gasteiger partial charge in [0.2, 0.25) is 0 Å². The van der Waals surface area contributed by atoms with Gasteiger partial charge < -0.3 is 14.6 Å². The van der Waals surface area contributed by atoms with E-state index in [1.54, 1.807) is 6.08 Å². The maximum Gasteiger partial charge on any atom is 0.116 e. The number of aliphatic hydroxyl groups is 1. The lowest BCUT2D eigenvalue weighted by atomic mass is 10.5. The van der Waals surface area contributed by atoms with E-state index in [1.165, 1.54) is 6.26 Å². The molecule has 1 rings (SSSR count). The van der Waals surface area contributed by atoms with Crippen molar-refractivity contribution in [2.75, 3.05) is 19.8 Å². The third-order valence-corrected chi connectivity index (χ3v) is 0.982. The standard InChI is InChI=1S/C6H10O3/c7-2-1-3-8-4-6-5-9-6/h1,3,6-7H,2,4-5H2. The molecule has 0 bridgehead atoms. The van der Waals surface area contributed by atoms with Gasteiger partial charge in [0.1, 0.15) is 12.7 Å². The number of rotatable bonds is 4. The van der Waals surface area contributed by atoms with Crippen LogP contribution in [-0.2, 0) is 9.47 Å². The summed E-state index contributed by atoms with van der Waals surface area (Å²) in [7, 11) is 0. The van der Waals surface area contributed by atoms with Crippen molar-refractivity contribution in [2.45, 2.75) is 6.10 Å². The Morgan fingerprint density at radius 1 is 1.78 bits per heavy atom. The van der Waals surface area contributed by atoms with Crippen molar-refractivity contribution < 1.29 is 14.6 Å². The Morgan fingerprint density at radius 2 is 2.56 bits per heavy atom. The van der Waals surface area contributed by atoms with E-state index in [4.69, 9.17) is 14.6 Å². The van der Waals surface area contributed by atoms with Crippen LogP contribution in [-0.4, -0.2) is 31.0 Å². The highest BCUT2D eigenvalue weighted by molar-refractivity contribution is 4.74. The Morgan fingerprint density at radius 3 is 3.11 bits per heavy atom. The molecule has 1 fully saturated rings. The van der Waals surface area contributed by atoms with Crippen molar-refractivity contribution >= 4 is 0 Å². The molecule has 9 heavy (non-hydrogen) atoms. The molecule has 0 aliphatic carbocycles. The molecule has 0 amide bonds. The van der Waals surface area contributed by atoms with Crippen molar-refractivity contribution in [1.82, 2.24) is 0 Å². The minimum absolute atomic E-state index is 0.0333. The monoisotopic (exact) mass is 130 g/mol. The Kier molecular flexibility index (Phi) is 2.54. The summed E-state index contributed by atoms with van der Waals surface area (Å²) in [5.41, 5.74) is 0. The molecule has 3 heteroatoms. The summed E-state index contributed by atoms with van der Waals surface area (Å²) in [6.45, 7) is 1.45. The molecule has 0 aromatic heterocycles. The first-order chi connectivity index (χ1) is 4.43. The van der Waals surface area contributed by atoms with Gasteiger partial charge in [0.15, 0.2) is 0 Å². The lowest BCUT2D eigenvalue weighted by molar-refractivity contribution is 0.209. The summed E-state index contributed by atoms with van der Waals surface area (Å²) in [6.07, 6.45) is 3.33. The Labute approximate surface area is 53.9 Å². The minimum Gasteiger partial charge on any atom is -0.499 e. The number of hydrogen-bond donors (Lipinski definition) is 1. The van der Waals surface area contributed by atoms with Crippen LogP contribution in [0.4, 0.5) is 0 Å². The molecule has 3 nitrogen and oxygen atoms in total. The molecule has 1 unspecified atom stereocenters. The van der Waals surface area contributed by atoms with Crippen LogP contribution in [0.1, 0.15) is 0 Å². The van der Waals surface area contributed by atoms with Gasteiger partial charge >= 0.3 is 0 Å². The lowest BCUT2D eigenvalue weighted by Crippen LogP contribution is -1.95. The number of hydrogen-bond acceptors (Lipinski definition) is 3. The zero-order chi connectivity index (χ0) is 6.53. The second-order valence-electron chi connectivity index (χ2n) is 1.84. The van der Waals surface area contributed by atoms with Gasteiger partial charge in [-0.25, -0.2) is 0 Å². The summed E-state index contributed by atoms with van der Waals surface area (Å²) in [5.74, 6) is 0. The summed E-state index contributed by atoms with van der Waals surface area (Å²) >= 11 is 0. The molecule has 0 aromatic rings. The first-order valence-corrected chi connectivity index (χ1v) is 2.92. The van der Waals surface area contributed by atoms with Crippen molar-refractivity contribution in [3.05, 3.63) is 12.3 Å². The largest absolute Gasteiger partial charge is 0.499 e. The van der Waals surface area contributed by atoms with Crippen LogP contribution in [0.2, 0.25) is 0 Å². The van der Waals surface area contributed by atoms with Gasteiger partial charge in [-0.15, -0.1) is 0 Å². The number of epoxide rings is 1. The van der Waals surface area contributed by atoms with Crippen molar-refractivity contribution in [3.63, 3.8) is 0 Å². The highest BCUT2D eigenvalue weighted by atomic mass is 16.6. The van der Waals surface area contributed by atoms with E-state index in [0.717, 1.165) is 6.61 Å². The van der Waals surface area contributed by atoms with Crippen molar-refractivity contribution in [3.8, 4) is 0 Å². The topological polar surface area (TPSA) is 42.0 Å². The molecular weight excluding hydrogens is 120 g/mol. The lowest BCUT2D eigenvalue weighted by Gasteiger charge is -1.92. The zero-order valence-corrected chi connectivity index (χ0v) is 5.12. The van der Waals surface area contributed by atoms with Crippen LogP contribution < -0.4 is 0 Å². The Hall–Kier alpha value is -0.540.